The fourth-order valence-corrected chi connectivity index (χ4v) is 1.23. The number of nitrogens with two attached hydrogens (primary N) is 1. The number of ketones is 1. The molecule has 0 amide bonds. The zero-order valence-corrected chi connectivity index (χ0v) is 8.27. The molecule has 0 aromatic heterocycles. The molecule has 0 aliphatic carbocycles. The van der Waals surface area contributed by atoms with Crippen LogP contribution in [0.2, 0.25) is 0 Å². The summed E-state index contributed by atoms with van der Waals surface area (Å²) in [5.41, 5.74) is 6.78. The van der Waals surface area contributed by atoms with Gasteiger partial charge < -0.3 is 10.5 Å². The molecular weight excluding hydrogens is 178 g/mol. The van der Waals surface area contributed by atoms with E-state index in [1.54, 1.807) is 0 Å². The summed E-state index contributed by atoms with van der Waals surface area (Å²) in [7, 11) is 1.49. The summed E-state index contributed by atoms with van der Waals surface area (Å²) in [6, 6.07) is 9.26. The quantitative estimate of drug-likeness (QED) is 0.751. The molecule has 14 heavy (non-hydrogen) atoms. The van der Waals surface area contributed by atoms with Gasteiger partial charge in [0, 0.05) is 7.11 Å². The van der Waals surface area contributed by atoms with Crippen molar-refractivity contribution in [3.63, 3.8) is 0 Å². The molecule has 1 aromatic carbocycles. The monoisotopic (exact) mass is 193 g/mol. The van der Waals surface area contributed by atoms with Gasteiger partial charge in [0.2, 0.25) is 0 Å². The Hall–Kier alpha value is -1.19. The number of benzene rings is 1. The normalized spacial score (nSPS) is 12.4. The van der Waals surface area contributed by atoms with Crippen molar-refractivity contribution in [3.8, 4) is 0 Å². The van der Waals surface area contributed by atoms with Gasteiger partial charge in [-0.2, -0.15) is 0 Å². The van der Waals surface area contributed by atoms with Crippen LogP contribution in [0.1, 0.15) is 5.56 Å². The van der Waals surface area contributed by atoms with E-state index in [0.29, 0.717) is 6.42 Å². The van der Waals surface area contributed by atoms with Crippen LogP contribution in [0.4, 0.5) is 0 Å². The molecule has 0 saturated heterocycles. The first-order valence-electron chi connectivity index (χ1n) is 4.55. The van der Waals surface area contributed by atoms with Crippen LogP contribution < -0.4 is 5.73 Å². The second-order valence-electron chi connectivity index (χ2n) is 3.20. The zero-order valence-electron chi connectivity index (χ0n) is 8.27. The van der Waals surface area contributed by atoms with E-state index < -0.39 is 6.04 Å². The van der Waals surface area contributed by atoms with Crippen molar-refractivity contribution in [2.75, 3.05) is 13.7 Å². The Balaban J connectivity index is 2.49. The maximum Gasteiger partial charge on any atom is 0.175 e. The minimum absolute atomic E-state index is 0.0589. The van der Waals surface area contributed by atoms with Gasteiger partial charge in [-0.3, -0.25) is 4.79 Å². The van der Waals surface area contributed by atoms with E-state index in [1.807, 2.05) is 30.3 Å². The predicted molar refractivity (Wildman–Crippen MR) is 55.0 cm³/mol. The first kappa shape index (κ1) is 10.9. The number of rotatable bonds is 5. The van der Waals surface area contributed by atoms with Crippen LogP contribution in [-0.4, -0.2) is 25.5 Å². The van der Waals surface area contributed by atoms with Gasteiger partial charge in [0.1, 0.15) is 6.61 Å². The minimum atomic E-state index is -0.461. The van der Waals surface area contributed by atoms with Crippen LogP contribution >= 0.6 is 0 Å². The van der Waals surface area contributed by atoms with E-state index in [1.165, 1.54) is 7.11 Å². The highest BCUT2D eigenvalue weighted by molar-refractivity contribution is 5.85. The second-order valence-corrected chi connectivity index (χ2v) is 3.20. The molecule has 0 spiro atoms. The second kappa shape index (κ2) is 5.52. The van der Waals surface area contributed by atoms with Crippen LogP contribution in [0.25, 0.3) is 0 Å². The Morgan fingerprint density at radius 2 is 2.07 bits per heavy atom. The van der Waals surface area contributed by atoms with Gasteiger partial charge in [-0.05, 0) is 12.0 Å². The topological polar surface area (TPSA) is 52.3 Å². The predicted octanol–water partition coefficient (Wildman–Crippen LogP) is 0.772. The summed E-state index contributed by atoms with van der Waals surface area (Å²) in [6.45, 7) is 0.0913. The van der Waals surface area contributed by atoms with Crippen LogP contribution in [0.15, 0.2) is 30.3 Å². The van der Waals surface area contributed by atoms with Crippen molar-refractivity contribution < 1.29 is 9.53 Å². The van der Waals surface area contributed by atoms with E-state index in [9.17, 15) is 4.79 Å². The van der Waals surface area contributed by atoms with E-state index in [4.69, 9.17) is 10.5 Å². The first-order valence-corrected chi connectivity index (χ1v) is 4.55. The van der Waals surface area contributed by atoms with E-state index in [0.717, 1.165) is 5.56 Å². The average Bonchev–Trinajstić information content (AvgIpc) is 2.19. The molecule has 1 rings (SSSR count). The third-order valence-corrected chi connectivity index (χ3v) is 2.00. The Morgan fingerprint density at radius 1 is 1.43 bits per heavy atom. The molecule has 0 bridgehead atoms. The fourth-order valence-electron chi connectivity index (χ4n) is 1.23. The lowest BCUT2D eigenvalue weighted by Crippen LogP contribution is -2.35. The Morgan fingerprint density at radius 3 is 2.64 bits per heavy atom. The van der Waals surface area contributed by atoms with Gasteiger partial charge in [-0.25, -0.2) is 0 Å². The van der Waals surface area contributed by atoms with E-state index in [-0.39, 0.29) is 12.4 Å². The third kappa shape index (κ3) is 3.28. The molecule has 0 saturated carbocycles. The smallest absolute Gasteiger partial charge is 0.175 e. The third-order valence-electron chi connectivity index (χ3n) is 2.00. The fraction of sp³-hybridized carbons (Fsp3) is 0.364. The Bertz CT molecular complexity index is 285. The summed E-state index contributed by atoms with van der Waals surface area (Å²) >= 11 is 0. The summed E-state index contributed by atoms with van der Waals surface area (Å²) in [6.07, 6.45) is 0.572. The number of hydrogen-bond acceptors (Lipinski definition) is 3. The standard InChI is InChI=1S/C11H15NO2/c1-14-8-11(13)10(12)7-9-5-3-2-4-6-9/h2-6,10H,7-8,12H2,1H3. The summed E-state index contributed by atoms with van der Waals surface area (Å²) in [5, 5.41) is 0. The van der Waals surface area contributed by atoms with Gasteiger partial charge in [-0.1, -0.05) is 30.3 Å². The van der Waals surface area contributed by atoms with Gasteiger partial charge in [0.25, 0.3) is 0 Å². The molecule has 0 radical (unpaired) electrons. The lowest BCUT2D eigenvalue weighted by atomic mass is 10.0. The van der Waals surface area contributed by atoms with Crippen molar-refractivity contribution in [3.05, 3.63) is 35.9 Å². The average molecular weight is 193 g/mol. The van der Waals surface area contributed by atoms with E-state index >= 15 is 0 Å². The SMILES string of the molecule is COCC(=O)C(N)Cc1ccccc1. The molecule has 1 atom stereocenters. The number of carbonyl (C=O) groups is 1. The number of methoxy groups -OCH3 is 1. The van der Waals surface area contributed by atoms with Gasteiger partial charge in [0.05, 0.1) is 6.04 Å². The molecule has 1 aromatic rings. The van der Waals surface area contributed by atoms with Crippen molar-refractivity contribution in [2.24, 2.45) is 5.73 Å². The maximum absolute atomic E-state index is 11.3. The van der Waals surface area contributed by atoms with Gasteiger partial charge in [0.15, 0.2) is 5.78 Å². The van der Waals surface area contributed by atoms with Crippen LogP contribution in [0.5, 0.6) is 0 Å². The Labute approximate surface area is 83.9 Å². The molecule has 0 aliphatic rings. The molecule has 3 heteroatoms. The minimum Gasteiger partial charge on any atom is -0.377 e. The van der Waals surface area contributed by atoms with Crippen molar-refractivity contribution in [2.45, 2.75) is 12.5 Å². The molecule has 0 fully saturated rings. The molecule has 1 unspecified atom stereocenters. The highest BCUT2D eigenvalue weighted by Gasteiger charge is 2.12. The number of ether oxygens (including phenoxy) is 1. The lowest BCUT2D eigenvalue weighted by Gasteiger charge is -2.09. The maximum atomic E-state index is 11.3. The van der Waals surface area contributed by atoms with Crippen LogP contribution in [-0.2, 0) is 16.0 Å². The van der Waals surface area contributed by atoms with Gasteiger partial charge >= 0.3 is 0 Å². The largest absolute Gasteiger partial charge is 0.377 e. The summed E-state index contributed by atoms with van der Waals surface area (Å²) in [4.78, 5) is 11.3. The van der Waals surface area contributed by atoms with Crippen molar-refractivity contribution in [1.82, 2.24) is 0 Å². The zero-order chi connectivity index (χ0) is 10.4. The number of Topliss-reactive ketones (excluding diaryl/α,β-unsaturated/α-hetero) is 1. The highest BCUT2D eigenvalue weighted by atomic mass is 16.5. The molecular formula is C11H15NO2. The molecule has 0 heterocycles. The Kier molecular flexibility index (Phi) is 4.29. The van der Waals surface area contributed by atoms with Crippen LogP contribution in [0.3, 0.4) is 0 Å². The molecule has 76 valence electrons. The molecule has 2 N–H and O–H groups in total. The van der Waals surface area contributed by atoms with Crippen LogP contribution in [0, 0.1) is 0 Å². The first-order chi connectivity index (χ1) is 6.74. The van der Waals surface area contributed by atoms with Crippen molar-refractivity contribution in [1.29, 1.82) is 0 Å². The van der Waals surface area contributed by atoms with E-state index in [2.05, 4.69) is 0 Å². The number of carbonyl (C=O) groups excluding carboxylic acids is 1. The summed E-state index contributed by atoms with van der Waals surface area (Å²) in [5.74, 6) is -0.0589. The van der Waals surface area contributed by atoms with Gasteiger partial charge in [-0.15, -0.1) is 0 Å². The molecule has 0 aliphatic heterocycles. The molecule has 3 nitrogen and oxygen atoms in total. The number of hydrogen-bond donors (Lipinski definition) is 1. The summed E-state index contributed by atoms with van der Waals surface area (Å²) < 4.78 is 4.73. The lowest BCUT2D eigenvalue weighted by molar-refractivity contribution is -0.123. The van der Waals surface area contributed by atoms with Crippen molar-refractivity contribution >= 4 is 5.78 Å². The highest BCUT2D eigenvalue weighted by Crippen LogP contribution is 2.02.